The number of hydrogen-bond acceptors (Lipinski definition) is 4. The molecule has 0 spiro atoms. The maximum Gasteiger partial charge on any atom is 0.253 e. The molecule has 5 heteroatoms. The summed E-state index contributed by atoms with van der Waals surface area (Å²) in [6.07, 6.45) is 4.58. The number of ether oxygens (including phenoxy) is 1. The fourth-order valence-corrected chi connectivity index (χ4v) is 4.57. The van der Waals surface area contributed by atoms with Gasteiger partial charge in [0.25, 0.3) is 5.91 Å². The van der Waals surface area contributed by atoms with Crippen LogP contribution in [0.2, 0.25) is 0 Å². The van der Waals surface area contributed by atoms with E-state index in [4.69, 9.17) is 4.74 Å². The van der Waals surface area contributed by atoms with Crippen molar-refractivity contribution in [1.82, 2.24) is 9.80 Å². The third-order valence-corrected chi connectivity index (χ3v) is 6.41. The van der Waals surface area contributed by atoms with Gasteiger partial charge in [0.05, 0.1) is 17.8 Å². The van der Waals surface area contributed by atoms with E-state index < -0.39 is 5.60 Å². The molecule has 2 heterocycles. The molecule has 1 N–H and O–H groups in total. The van der Waals surface area contributed by atoms with Crippen LogP contribution in [0.3, 0.4) is 0 Å². The van der Waals surface area contributed by atoms with Crippen molar-refractivity contribution in [3.8, 4) is 0 Å². The minimum atomic E-state index is -0.885. The number of likely N-dealkylation sites (tertiary alicyclic amines) is 2. The minimum Gasteiger partial charge on any atom is -0.386 e. The van der Waals surface area contributed by atoms with Crippen LogP contribution in [0.1, 0.15) is 76.2 Å². The number of benzene rings is 1. The fourth-order valence-electron chi connectivity index (χ4n) is 4.57. The van der Waals surface area contributed by atoms with Crippen LogP contribution in [0.5, 0.6) is 0 Å². The van der Waals surface area contributed by atoms with Crippen molar-refractivity contribution in [2.75, 3.05) is 32.8 Å². The van der Waals surface area contributed by atoms with Crippen molar-refractivity contribution < 1.29 is 14.6 Å². The van der Waals surface area contributed by atoms with Gasteiger partial charge in [0, 0.05) is 31.2 Å². The minimum absolute atomic E-state index is 0.0703. The van der Waals surface area contributed by atoms with Crippen molar-refractivity contribution in [1.29, 1.82) is 0 Å². The maximum atomic E-state index is 12.9. The largest absolute Gasteiger partial charge is 0.386 e. The van der Waals surface area contributed by atoms with Crippen molar-refractivity contribution in [3.05, 3.63) is 35.4 Å². The van der Waals surface area contributed by atoms with E-state index in [0.717, 1.165) is 44.6 Å². The van der Waals surface area contributed by atoms with Crippen LogP contribution in [0.25, 0.3) is 0 Å². The van der Waals surface area contributed by atoms with E-state index >= 15 is 0 Å². The van der Waals surface area contributed by atoms with Gasteiger partial charge < -0.3 is 14.7 Å². The molecule has 168 valence electrons. The average Bonchev–Trinajstić information content (AvgIpc) is 2.71. The summed E-state index contributed by atoms with van der Waals surface area (Å²) in [4.78, 5) is 17.5. The average molecular weight is 417 g/mol. The molecule has 0 aliphatic carbocycles. The predicted octanol–water partition coefficient (Wildman–Crippen LogP) is 4.05. The van der Waals surface area contributed by atoms with E-state index in [1.807, 2.05) is 29.2 Å². The van der Waals surface area contributed by atoms with E-state index in [1.54, 1.807) is 13.8 Å². The van der Waals surface area contributed by atoms with Crippen LogP contribution in [0.4, 0.5) is 0 Å². The van der Waals surface area contributed by atoms with Gasteiger partial charge in [-0.1, -0.05) is 12.1 Å². The molecule has 0 radical (unpaired) electrons. The van der Waals surface area contributed by atoms with Crippen molar-refractivity contribution in [2.45, 2.75) is 77.5 Å². The Kier molecular flexibility index (Phi) is 7.26. The van der Waals surface area contributed by atoms with Crippen LogP contribution >= 0.6 is 0 Å². The van der Waals surface area contributed by atoms with Gasteiger partial charge in [0.1, 0.15) is 0 Å². The molecule has 1 unspecified atom stereocenters. The van der Waals surface area contributed by atoms with Crippen LogP contribution in [0, 0.1) is 5.92 Å². The van der Waals surface area contributed by atoms with Crippen LogP contribution in [-0.2, 0) is 10.3 Å². The van der Waals surface area contributed by atoms with Gasteiger partial charge >= 0.3 is 0 Å². The van der Waals surface area contributed by atoms with Gasteiger partial charge in [-0.05, 0) is 90.5 Å². The smallest absolute Gasteiger partial charge is 0.253 e. The summed E-state index contributed by atoms with van der Waals surface area (Å²) >= 11 is 0. The van der Waals surface area contributed by atoms with Gasteiger partial charge in [0.2, 0.25) is 0 Å². The zero-order chi connectivity index (χ0) is 21.9. The number of nitrogens with zero attached hydrogens (tertiary/aromatic N) is 2. The lowest BCUT2D eigenvalue weighted by molar-refractivity contribution is -0.0404. The van der Waals surface area contributed by atoms with Crippen LogP contribution in [-0.4, -0.2) is 65.2 Å². The molecule has 0 bridgehead atoms. The summed E-state index contributed by atoms with van der Waals surface area (Å²) in [5, 5.41) is 10.1. The first-order valence-corrected chi connectivity index (χ1v) is 11.5. The second-order valence-electron chi connectivity index (χ2n) is 10.6. The summed E-state index contributed by atoms with van der Waals surface area (Å²) in [5.41, 5.74) is 0.579. The zero-order valence-corrected chi connectivity index (χ0v) is 19.5. The quantitative estimate of drug-likeness (QED) is 0.787. The summed E-state index contributed by atoms with van der Waals surface area (Å²) < 4.78 is 6.04. The molecule has 2 fully saturated rings. The van der Waals surface area contributed by atoms with Crippen LogP contribution < -0.4 is 0 Å². The first kappa shape index (κ1) is 23.2. The third-order valence-electron chi connectivity index (χ3n) is 6.41. The predicted molar refractivity (Wildman–Crippen MR) is 121 cm³/mol. The highest BCUT2D eigenvalue weighted by atomic mass is 16.5. The Bertz CT molecular complexity index is 695. The first-order chi connectivity index (χ1) is 14.0. The lowest BCUT2D eigenvalue weighted by atomic mass is 9.94. The molecular weight excluding hydrogens is 376 g/mol. The first-order valence-electron chi connectivity index (χ1n) is 11.5. The molecule has 30 heavy (non-hydrogen) atoms. The summed E-state index contributed by atoms with van der Waals surface area (Å²) in [7, 11) is 0. The molecule has 1 atom stereocenters. The number of hydrogen-bond donors (Lipinski definition) is 1. The lowest BCUT2D eigenvalue weighted by Gasteiger charge is -2.42. The number of aliphatic hydroxyl groups is 1. The Morgan fingerprint density at radius 2 is 1.67 bits per heavy atom. The van der Waals surface area contributed by atoms with Crippen molar-refractivity contribution in [3.63, 3.8) is 0 Å². The molecule has 2 aliphatic rings. The summed E-state index contributed by atoms with van der Waals surface area (Å²) in [5.74, 6) is 0.720. The normalized spacial score (nSPS) is 22.3. The molecule has 1 aromatic carbocycles. The van der Waals surface area contributed by atoms with E-state index in [0.29, 0.717) is 17.5 Å². The highest BCUT2D eigenvalue weighted by molar-refractivity contribution is 5.94. The zero-order valence-electron chi connectivity index (χ0n) is 19.5. The standard InChI is InChI=1S/C25H40N2O3/c1-24(2,3)30-18-19-7-6-14-27(17-19)22-12-15-26(16-13-22)23(28)20-8-10-21(11-9-20)25(4,5)29/h8-11,19,22,29H,6-7,12-18H2,1-5H3. The summed E-state index contributed by atoms with van der Waals surface area (Å²) in [6.45, 7) is 14.7. The Morgan fingerprint density at radius 1 is 1.03 bits per heavy atom. The second-order valence-corrected chi connectivity index (χ2v) is 10.6. The lowest BCUT2D eigenvalue weighted by Crippen LogP contribution is -2.50. The monoisotopic (exact) mass is 416 g/mol. The van der Waals surface area contributed by atoms with Gasteiger partial charge in [-0.3, -0.25) is 9.69 Å². The molecule has 0 saturated carbocycles. The molecule has 1 amide bonds. The maximum absolute atomic E-state index is 12.9. The van der Waals surface area contributed by atoms with Gasteiger partial charge in [0.15, 0.2) is 0 Å². The number of carbonyl (C=O) groups excluding carboxylic acids is 1. The van der Waals surface area contributed by atoms with Crippen molar-refractivity contribution >= 4 is 5.91 Å². The third kappa shape index (κ3) is 6.29. The van der Waals surface area contributed by atoms with Crippen molar-refractivity contribution in [2.24, 2.45) is 5.92 Å². The molecule has 2 saturated heterocycles. The topological polar surface area (TPSA) is 53.0 Å². The SMILES string of the molecule is CC(C)(C)OCC1CCCN(C2CCN(C(=O)c3ccc(C(C)(C)O)cc3)CC2)C1. The molecule has 0 aromatic heterocycles. The van der Waals surface area contributed by atoms with Crippen LogP contribution in [0.15, 0.2) is 24.3 Å². The Morgan fingerprint density at radius 3 is 2.23 bits per heavy atom. The molecule has 3 rings (SSSR count). The van der Waals surface area contributed by atoms with Gasteiger partial charge in [-0.15, -0.1) is 0 Å². The van der Waals surface area contributed by atoms with E-state index in [2.05, 4.69) is 25.7 Å². The number of piperidine rings is 2. The number of carbonyl (C=O) groups is 1. The van der Waals surface area contributed by atoms with Gasteiger partial charge in [-0.25, -0.2) is 0 Å². The highest BCUT2D eigenvalue weighted by Crippen LogP contribution is 2.26. The number of rotatable bonds is 5. The highest BCUT2D eigenvalue weighted by Gasteiger charge is 2.31. The van der Waals surface area contributed by atoms with E-state index in [9.17, 15) is 9.90 Å². The second kappa shape index (κ2) is 9.37. The molecular formula is C25H40N2O3. The van der Waals surface area contributed by atoms with E-state index in [-0.39, 0.29) is 11.5 Å². The summed E-state index contributed by atoms with van der Waals surface area (Å²) in [6, 6.07) is 7.96. The molecule has 2 aliphatic heterocycles. The Hall–Kier alpha value is -1.43. The van der Waals surface area contributed by atoms with Gasteiger partial charge in [-0.2, -0.15) is 0 Å². The van der Waals surface area contributed by atoms with E-state index in [1.165, 1.54) is 19.4 Å². The Labute approximate surface area is 182 Å². The number of amides is 1. The molecule has 1 aromatic rings. The Balaban J connectivity index is 1.50. The molecule has 5 nitrogen and oxygen atoms in total. The fraction of sp³-hybridized carbons (Fsp3) is 0.720.